The number of carbonyl (C=O) groups excluding carboxylic acids is 6. The third-order valence-electron chi connectivity index (χ3n) is 5.91. The van der Waals surface area contributed by atoms with Gasteiger partial charge in [0.1, 0.15) is 24.2 Å². The first-order valence-electron chi connectivity index (χ1n) is 13.5. The summed E-state index contributed by atoms with van der Waals surface area (Å²) in [7, 11) is 0. The topological polar surface area (TPSA) is 325 Å². The fraction of sp³-hybridized carbons (Fsp3) is 0.708. The molecule has 0 spiro atoms. The number of hydrogen-bond donors (Lipinski definition) is 12. The molecule has 0 rings (SSSR count). The highest BCUT2D eigenvalue weighted by atomic mass is 16.4. The van der Waals surface area contributed by atoms with Crippen molar-refractivity contribution >= 4 is 41.4 Å². The van der Waals surface area contributed by atoms with Crippen molar-refractivity contribution in [2.24, 2.45) is 17.4 Å². The normalized spacial score (nSPS) is 14.3. The summed E-state index contributed by atoms with van der Waals surface area (Å²) >= 11 is 0. The molecule has 0 aliphatic carbocycles. The molecule has 5 atom stereocenters. The van der Waals surface area contributed by atoms with Gasteiger partial charge in [0.25, 0.3) is 0 Å². The van der Waals surface area contributed by atoms with Crippen LogP contribution in [-0.2, 0) is 33.6 Å². The molecule has 0 aliphatic heterocycles. The highest BCUT2D eigenvalue weighted by Gasteiger charge is 2.29. The lowest BCUT2D eigenvalue weighted by atomic mass is 10.1. The van der Waals surface area contributed by atoms with Crippen LogP contribution in [0.4, 0.5) is 0 Å². The van der Waals surface area contributed by atoms with Gasteiger partial charge in [-0.05, 0) is 31.7 Å². The Labute approximate surface area is 247 Å². The molecule has 0 heterocycles. The van der Waals surface area contributed by atoms with Gasteiger partial charge in [-0.25, -0.2) is 4.79 Å². The van der Waals surface area contributed by atoms with Crippen molar-refractivity contribution in [1.29, 1.82) is 0 Å². The second kappa shape index (κ2) is 20.9. The first-order chi connectivity index (χ1) is 20.2. The zero-order valence-corrected chi connectivity index (χ0v) is 24.1. The lowest BCUT2D eigenvalue weighted by molar-refractivity contribution is -0.142. The third-order valence-corrected chi connectivity index (χ3v) is 5.91. The zero-order chi connectivity index (χ0) is 33.1. The second-order valence-electron chi connectivity index (χ2n) is 9.74. The first-order valence-corrected chi connectivity index (χ1v) is 13.5. The minimum Gasteiger partial charge on any atom is -0.480 e. The molecule has 246 valence electrons. The predicted molar refractivity (Wildman–Crippen MR) is 148 cm³/mol. The Morgan fingerprint density at radius 1 is 0.628 bits per heavy atom. The summed E-state index contributed by atoms with van der Waals surface area (Å²) in [5.74, 6) is -7.09. The van der Waals surface area contributed by atoms with Gasteiger partial charge in [-0.15, -0.1) is 0 Å². The summed E-state index contributed by atoms with van der Waals surface area (Å²) in [5.41, 5.74) is 11.0. The highest BCUT2D eigenvalue weighted by molar-refractivity contribution is 5.96. The number of carboxylic acid groups (broad SMARTS) is 1. The quantitative estimate of drug-likeness (QED) is 0.0532. The standard InChI is InChI=1S/C24H44N8O11/c1-12(2)19(26)23(41)28-8-18(37)30-15(10-34)21(39)32-16(11-35)22(40)31-14(9-33)20(38)27-7-17(36)29-13(24(42)43)5-3-4-6-25/h12-16,19,33-35H,3-11,25-26H2,1-2H3,(H,27,38)(H,28,41)(H,29,36)(H,30,37)(H,31,40)(H,32,39)(H,42,43)/t13-,14-,15-,16-,19-/m0/s1. The molecule has 0 saturated carbocycles. The lowest BCUT2D eigenvalue weighted by Crippen LogP contribution is -2.60. The summed E-state index contributed by atoms with van der Waals surface area (Å²) < 4.78 is 0. The molecular weight excluding hydrogens is 576 g/mol. The van der Waals surface area contributed by atoms with Gasteiger partial charge in [0.2, 0.25) is 35.4 Å². The van der Waals surface area contributed by atoms with Crippen molar-refractivity contribution in [3.05, 3.63) is 0 Å². The molecule has 0 unspecified atom stereocenters. The summed E-state index contributed by atoms with van der Waals surface area (Å²) in [6, 6.07) is -7.02. The van der Waals surface area contributed by atoms with Crippen LogP contribution in [0.25, 0.3) is 0 Å². The van der Waals surface area contributed by atoms with E-state index < -0.39 is 105 Å². The van der Waals surface area contributed by atoms with E-state index in [4.69, 9.17) is 11.5 Å². The van der Waals surface area contributed by atoms with Crippen LogP contribution in [0.15, 0.2) is 0 Å². The molecule has 0 aromatic heterocycles. The predicted octanol–water partition coefficient (Wildman–Crippen LogP) is -6.67. The fourth-order valence-electron chi connectivity index (χ4n) is 3.25. The molecule has 14 N–H and O–H groups in total. The van der Waals surface area contributed by atoms with E-state index in [2.05, 4.69) is 31.9 Å². The number of unbranched alkanes of at least 4 members (excludes halogenated alkanes) is 1. The van der Waals surface area contributed by atoms with Gasteiger partial charge in [-0.1, -0.05) is 13.8 Å². The number of aliphatic carboxylic acids is 1. The van der Waals surface area contributed by atoms with E-state index >= 15 is 0 Å². The van der Waals surface area contributed by atoms with Gasteiger partial charge in [-0.2, -0.15) is 0 Å². The van der Waals surface area contributed by atoms with Crippen molar-refractivity contribution in [3.8, 4) is 0 Å². The van der Waals surface area contributed by atoms with E-state index in [9.17, 15) is 54.0 Å². The monoisotopic (exact) mass is 620 g/mol. The highest BCUT2D eigenvalue weighted by Crippen LogP contribution is 2.01. The molecule has 19 heteroatoms. The molecular formula is C24H44N8O11. The number of aliphatic hydroxyl groups excluding tert-OH is 3. The SMILES string of the molecule is CC(C)[C@H](N)C(=O)NCC(=O)N[C@@H](CO)C(=O)N[C@@H](CO)C(=O)N[C@@H](CO)C(=O)NCC(=O)N[C@@H](CCCCN)C(=O)O. The van der Waals surface area contributed by atoms with E-state index in [1.165, 1.54) is 0 Å². The van der Waals surface area contributed by atoms with E-state index in [1.807, 2.05) is 0 Å². The Balaban J connectivity index is 4.97. The lowest BCUT2D eigenvalue weighted by Gasteiger charge is -2.23. The van der Waals surface area contributed by atoms with Crippen LogP contribution < -0.4 is 43.4 Å². The average molecular weight is 621 g/mol. The Bertz CT molecular complexity index is 966. The van der Waals surface area contributed by atoms with Crippen molar-refractivity contribution in [2.45, 2.75) is 63.3 Å². The second-order valence-corrected chi connectivity index (χ2v) is 9.74. The number of nitrogens with two attached hydrogens (primary N) is 2. The maximum absolute atomic E-state index is 12.6. The molecule has 0 saturated heterocycles. The minimum atomic E-state index is -1.70. The van der Waals surface area contributed by atoms with Crippen LogP contribution >= 0.6 is 0 Å². The van der Waals surface area contributed by atoms with Gasteiger partial charge >= 0.3 is 5.97 Å². The molecule has 6 amide bonds. The smallest absolute Gasteiger partial charge is 0.326 e. The van der Waals surface area contributed by atoms with E-state index in [-0.39, 0.29) is 12.3 Å². The Kier molecular flexibility index (Phi) is 19.0. The van der Waals surface area contributed by atoms with E-state index in [0.29, 0.717) is 19.4 Å². The molecule has 0 aliphatic rings. The average Bonchev–Trinajstić information content (AvgIpc) is 2.97. The number of carboxylic acids is 1. The number of aliphatic hydroxyl groups is 3. The Hall–Kier alpha value is -3.91. The third kappa shape index (κ3) is 15.2. The van der Waals surface area contributed by atoms with Crippen LogP contribution in [0.1, 0.15) is 33.1 Å². The van der Waals surface area contributed by atoms with Gasteiger partial charge in [0.15, 0.2) is 0 Å². The summed E-state index contributed by atoms with van der Waals surface area (Å²) in [6.45, 7) is -0.375. The maximum atomic E-state index is 12.6. The van der Waals surface area contributed by atoms with Gasteiger partial charge in [-0.3, -0.25) is 28.8 Å². The van der Waals surface area contributed by atoms with E-state index in [1.54, 1.807) is 13.8 Å². The summed E-state index contributed by atoms with van der Waals surface area (Å²) in [6.07, 6.45) is 1.10. The number of nitrogens with one attached hydrogen (secondary N) is 6. The largest absolute Gasteiger partial charge is 0.480 e. The molecule has 0 aromatic carbocycles. The van der Waals surface area contributed by atoms with Crippen molar-refractivity contribution in [3.63, 3.8) is 0 Å². The minimum absolute atomic E-state index is 0.111. The molecule has 0 radical (unpaired) electrons. The van der Waals surface area contributed by atoms with Crippen LogP contribution in [0, 0.1) is 5.92 Å². The van der Waals surface area contributed by atoms with Crippen LogP contribution in [0.5, 0.6) is 0 Å². The number of rotatable bonds is 21. The van der Waals surface area contributed by atoms with E-state index in [0.717, 1.165) is 0 Å². The van der Waals surface area contributed by atoms with Crippen molar-refractivity contribution in [2.75, 3.05) is 39.5 Å². The maximum Gasteiger partial charge on any atom is 0.326 e. The van der Waals surface area contributed by atoms with Crippen molar-refractivity contribution < 1.29 is 54.0 Å². The molecule has 43 heavy (non-hydrogen) atoms. The van der Waals surface area contributed by atoms with Gasteiger partial charge in [0, 0.05) is 0 Å². The summed E-state index contributed by atoms with van der Waals surface area (Å²) in [4.78, 5) is 84.8. The van der Waals surface area contributed by atoms with Gasteiger partial charge < -0.3 is 63.8 Å². The van der Waals surface area contributed by atoms with Crippen molar-refractivity contribution in [1.82, 2.24) is 31.9 Å². The van der Waals surface area contributed by atoms with Gasteiger partial charge in [0.05, 0.1) is 39.0 Å². The van der Waals surface area contributed by atoms with Crippen LogP contribution in [0.2, 0.25) is 0 Å². The van der Waals surface area contributed by atoms with Crippen LogP contribution in [-0.4, -0.2) is 132 Å². The molecule has 19 nitrogen and oxygen atoms in total. The molecule has 0 bridgehead atoms. The molecule has 0 fully saturated rings. The van der Waals surface area contributed by atoms with Crippen LogP contribution in [0.3, 0.4) is 0 Å². The molecule has 0 aromatic rings. The summed E-state index contributed by atoms with van der Waals surface area (Å²) in [5, 5.41) is 50.7. The fourth-order valence-corrected chi connectivity index (χ4v) is 3.25. The Morgan fingerprint density at radius 3 is 1.47 bits per heavy atom. The first kappa shape index (κ1) is 39.1. The zero-order valence-electron chi connectivity index (χ0n) is 24.1. The number of amides is 6. The Morgan fingerprint density at radius 2 is 1.05 bits per heavy atom. The number of hydrogen-bond acceptors (Lipinski definition) is 12. The number of carbonyl (C=O) groups is 7.